The lowest BCUT2D eigenvalue weighted by atomic mass is 10.2. The van der Waals surface area contributed by atoms with E-state index in [1.807, 2.05) is 13.0 Å². The highest BCUT2D eigenvalue weighted by Crippen LogP contribution is 2.28. The van der Waals surface area contributed by atoms with E-state index in [9.17, 15) is 8.42 Å². The maximum atomic E-state index is 12.6. The summed E-state index contributed by atoms with van der Waals surface area (Å²) in [6, 6.07) is 15.6. The lowest BCUT2D eigenvalue weighted by Crippen LogP contribution is -2.10. The Bertz CT molecular complexity index is 1140. The van der Waals surface area contributed by atoms with Crippen LogP contribution in [0.3, 0.4) is 0 Å². The normalized spacial score (nSPS) is 11.7. The lowest BCUT2D eigenvalue weighted by Gasteiger charge is -2.10. The summed E-state index contributed by atoms with van der Waals surface area (Å²) in [7, 11) is -4.05. The number of hydrogen-bond acceptors (Lipinski definition) is 4. The second-order valence-corrected chi connectivity index (χ2v) is 8.72. The molecule has 3 rings (SSSR count). The summed E-state index contributed by atoms with van der Waals surface area (Å²) in [5, 5.41) is 1.39. The van der Waals surface area contributed by atoms with Crippen LogP contribution in [0.4, 0.5) is 5.69 Å². The smallest absolute Gasteiger partial charge is 0.339 e. The molecule has 0 atom stereocenters. The number of rotatable bonds is 5. The van der Waals surface area contributed by atoms with Crippen molar-refractivity contribution >= 4 is 56.8 Å². The van der Waals surface area contributed by atoms with Gasteiger partial charge in [0.15, 0.2) is 5.75 Å². The predicted octanol–water partition coefficient (Wildman–Crippen LogP) is 6.47. The summed E-state index contributed by atoms with van der Waals surface area (Å²) >= 11 is 17.9. The van der Waals surface area contributed by atoms with Gasteiger partial charge in [0.25, 0.3) is 0 Å². The van der Waals surface area contributed by atoms with Crippen LogP contribution in [0.5, 0.6) is 5.75 Å². The second-order valence-electron chi connectivity index (χ2n) is 5.86. The highest BCUT2D eigenvalue weighted by atomic mass is 35.5. The van der Waals surface area contributed by atoms with Crippen LogP contribution in [0.2, 0.25) is 15.1 Å². The fourth-order valence-electron chi connectivity index (χ4n) is 2.32. The molecule has 0 N–H and O–H groups in total. The van der Waals surface area contributed by atoms with Crippen molar-refractivity contribution in [3.05, 3.63) is 86.9 Å². The molecule has 144 valence electrons. The molecular formula is C20H14Cl3NO3S. The van der Waals surface area contributed by atoms with Crippen molar-refractivity contribution in [2.24, 2.45) is 4.99 Å². The van der Waals surface area contributed by atoms with Gasteiger partial charge in [0, 0.05) is 26.8 Å². The molecule has 0 aromatic heterocycles. The number of aliphatic imine (C=N–C) groups is 1. The van der Waals surface area contributed by atoms with Gasteiger partial charge in [-0.2, -0.15) is 8.42 Å². The van der Waals surface area contributed by atoms with Crippen molar-refractivity contribution in [3.8, 4) is 5.75 Å². The molecule has 3 aromatic carbocycles. The number of halogens is 3. The fraction of sp³-hybridized carbons (Fsp3) is 0.0500. The Labute approximate surface area is 178 Å². The summed E-state index contributed by atoms with van der Waals surface area (Å²) in [4.78, 5) is 4.38. The van der Waals surface area contributed by atoms with Crippen LogP contribution in [0.25, 0.3) is 0 Å². The van der Waals surface area contributed by atoms with Gasteiger partial charge < -0.3 is 4.18 Å². The molecule has 0 amide bonds. The molecule has 0 aliphatic rings. The first-order valence-electron chi connectivity index (χ1n) is 8.04. The minimum atomic E-state index is -4.05. The molecule has 0 saturated heterocycles. The Morgan fingerprint density at radius 2 is 1.46 bits per heavy atom. The quantitative estimate of drug-likeness (QED) is 0.328. The molecule has 0 spiro atoms. The Morgan fingerprint density at radius 3 is 2.18 bits per heavy atom. The van der Waals surface area contributed by atoms with Gasteiger partial charge in [-0.3, -0.25) is 4.99 Å². The largest absolute Gasteiger partial charge is 0.378 e. The summed E-state index contributed by atoms with van der Waals surface area (Å²) in [5.41, 5.74) is 1.97. The lowest BCUT2D eigenvalue weighted by molar-refractivity contribution is 0.485. The van der Waals surface area contributed by atoms with Gasteiger partial charge in [-0.25, -0.2) is 0 Å². The van der Waals surface area contributed by atoms with Gasteiger partial charge in [-0.1, -0.05) is 40.9 Å². The third-order valence-electron chi connectivity index (χ3n) is 3.79. The van der Waals surface area contributed by atoms with Gasteiger partial charge in [0.1, 0.15) is 4.90 Å². The van der Waals surface area contributed by atoms with Gasteiger partial charge in [0.2, 0.25) is 0 Å². The van der Waals surface area contributed by atoms with Gasteiger partial charge in [-0.05, 0) is 67.1 Å². The van der Waals surface area contributed by atoms with Crippen LogP contribution >= 0.6 is 34.8 Å². The van der Waals surface area contributed by atoms with Crippen LogP contribution in [0.1, 0.15) is 11.1 Å². The fourth-order valence-corrected chi connectivity index (χ4v) is 3.75. The average Bonchev–Trinajstić information content (AvgIpc) is 2.64. The van der Waals surface area contributed by atoms with Crippen molar-refractivity contribution in [3.63, 3.8) is 0 Å². The molecule has 4 nitrogen and oxygen atoms in total. The van der Waals surface area contributed by atoms with E-state index in [2.05, 4.69) is 4.99 Å². The van der Waals surface area contributed by atoms with E-state index in [0.717, 1.165) is 5.56 Å². The van der Waals surface area contributed by atoms with Crippen LogP contribution in [0, 0.1) is 6.92 Å². The van der Waals surface area contributed by atoms with Crippen molar-refractivity contribution in [1.29, 1.82) is 0 Å². The minimum Gasteiger partial charge on any atom is -0.378 e. The van der Waals surface area contributed by atoms with Gasteiger partial charge >= 0.3 is 10.1 Å². The Morgan fingerprint density at radius 1 is 0.857 bits per heavy atom. The first-order valence-corrected chi connectivity index (χ1v) is 10.6. The van der Waals surface area contributed by atoms with E-state index in [1.54, 1.807) is 18.2 Å². The third kappa shape index (κ3) is 5.06. The van der Waals surface area contributed by atoms with Crippen molar-refractivity contribution in [2.45, 2.75) is 11.8 Å². The number of nitrogens with zero attached hydrogens (tertiary/aromatic N) is 1. The monoisotopic (exact) mass is 453 g/mol. The van der Waals surface area contributed by atoms with Crippen molar-refractivity contribution in [2.75, 3.05) is 0 Å². The summed E-state index contributed by atoms with van der Waals surface area (Å²) < 4.78 is 30.4. The van der Waals surface area contributed by atoms with E-state index in [-0.39, 0.29) is 10.6 Å². The van der Waals surface area contributed by atoms with E-state index >= 15 is 0 Å². The summed E-state index contributed by atoms with van der Waals surface area (Å²) in [5.74, 6) is 0.0998. The Hall–Kier alpha value is -2.05. The van der Waals surface area contributed by atoms with E-state index < -0.39 is 10.1 Å². The third-order valence-corrected chi connectivity index (χ3v) is 5.76. The number of aryl methyl sites for hydroxylation is 1. The molecule has 0 fully saturated rings. The molecule has 0 bridgehead atoms. The minimum absolute atomic E-state index is 0.0135. The highest BCUT2D eigenvalue weighted by Gasteiger charge is 2.18. The molecule has 0 unspecified atom stereocenters. The van der Waals surface area contributed by atoms with Crippen molar-refractivity contribution in [1.82, 2.24) is 0 Å². The SMILES string of the molecule is Cc1ccc(Cl)cc1N=Cc1cc(Cl)ccc1OS(=O)(=O)c1ccc(Cl)cc1. The zero-order valence-electron chi connectivity index (χ0n) is 14.6. The Balaban J connectivity index is 1.96. The van der Waals surface area contributed by atoms with Crippen LogP contribution < -0.4 is 4.18 Å². The Kier molecular flexibility index (Phi) is 6.30. The zero-order chi connectivity index (χ0) is 20.3. The van der Waals surface area contributed by atoms with E-state index in [1.165, 1.54) is 42.6 Å². The standard InChI is InChI=1S/C20H14Cl3NO3S/c1-13-2-3-17(23)11-19(13)24-12-14-10-16(22)6-9-20(14)27-28(25,26)18-7-4-15(21)5-8-18/h2-12H,1H3. The predicted molar refractivity (Wildman–Crippen MR) is 114 cm³/mol. The van der Waals surface area contributed by atoms with Crippen LogP contribution in [-0.4, -0.2) is 14.6 Å². The van der Waals surface area contributed by atoms with Gasteiger partial charge in [0.05, 0.1) is 5.69 Å². The average molecular weight is 455 g/mol. The maximum absolute atomic E-state index is 12.6. The molecular weight excluding hydrogens is 441 g/mol. The summed E-state index contributed by atoms with van der Waals surface area (Å²) in [6.07, 6.45) is 1.48. The molecule has 3 aromatic rings. The molecule has 0 radical (unpaired) electrons. The number of benzene rings is 3. The zero-order valence-corrected chi connectivity index (χ0v) is 17.6. The topological polar surface area (TPSA) is 55.7 Å². The van der Waals surface area contributed by atoms with E-state index in [4.69, 9.17) is 39.0 Å². The molecule has 8 heteroatoms. The summed E-state index contributed by atoms with van der Waals surface area (Å²) in [6.45, 7) is 1.89. The molecule has 0 heterocycles. The molecule has 0 aliphatic carbocycles. The maximum Gasteiger partial charge on any atom is 0.339 e. The van der Waals surface area contributed by atoms with Crippen LogP contribution in [-0.2, 0) is 10.1 Å². The van der Waals surface area contributed by atoms with Gasteiger partial charge in [-0.15, -0.1) is 0 Å². The van der Waals surface area contributed by atoms with Crippen LogP contribution in [0.15, 0.2) is 70.6 Å². The highest BCUT2D eigenvalue weighted by molar-refractivity contribution is 7.87. The molecule has 28 heavy (non-hydrogen) atoms. The van der Waals surface area contributed by atoms with Crippen molar-refractivity contribution < 1.29 is 12.6 Å². The second kappa shape index (κ2) is 8.53. The molecule has 0 aliphatic heterocycles. The molecule has 0 saturated carbocycles. The first-order chi connectivity index (χ1) is 13.2. The van der Waals surface area contributed by atoms with E-state index in [0.29, 0.717) is 26.3 Å². The number of hydrogen-bond donors (Lipinski definition) is 0. The first kappa shape index (κ1) is 20.7.